The molecule has 7 heteroatoms. The second-order valence-electron chi connectivity index (χ2n) is 4.90. The van der Waals surface area contributed by atoms with Gasteiger partial charge in [0.05, 0.1) is 10.3 Å². The Morgan fingerprint density at radius 3 is 2.95 bits per heavy atom. The van der Waals surface area contributed by atoms with Gasteiger partial charge in [0.2, 0.25) is 0 Å². The molecule has 7 nitrogen and oxygen atoms in total. The number of anilines is 1. The summed E-state index contributed by atoms with van der Waals surface area (Å²) >= 11 is 0. The number of nitro benzene ring substituents is 1. The third kappa shape index (κ3) is 2.60. The van der Waals surface area contributed by atoms with E-state index in [0.29, 0.717) is 5.65 Å². The third-order valence-corrected chi connectivity index (χ3v) is 3.34. The lowest BCUT2D eigenvalue weighted by molar-refractivity contribution is -0.384. The summed E-state index contributed by atoms with van der Waals surface area (Å²) in [6.45, 7) is 2.90. The van der Waals surface area contributed by atoms with E-state index < -0.39 is 4.92 Å². The van der Waals surface area contributed by atoms with Crippen molar-refractivity contribution in [3.8, 4) is 11.3 Å². The number of non-ortho nitro benzene ring substituents is 1. The van der Waals surface area contributed by atoms with Crippen LogP contribution in [0.2, 0.25) is 0 Å². The van der Waals surface area contributed by atoms with Gasteiger partial charge in [0.1, 0.15) is 17.8 Å². The zero-order valence-corrected chi connectivity index (χ0v) is 12.0. The van der Waals surface area contributed by atoms with Crippen LogP contribution in [0, 0.1) is 10.1 Å². The van der Waals surface area contributed by atoms with Crippen LogP contribution < -0.4 is 5.32 Å². The summed E-state index contributed by atoms with van der Waals surface area (Å²) in [5.41, 5.74) is 2.29. The predicted molar refractivity (Wildman–Crippen MR) is 84.8 cm³/mol. The Hall–Kier alpha value is -2.96. The SMILES string of the molecule is CCCNc1ncnc2[nH]c(-c3cccc([N+](=O)[O-])c3)cc12. The summed E-state index contributed by atoms with van der Waals surface area (Å²) in [5, 5.41) is 15.0. The van der Waals surface area contributed by atoms with E-state index in [1.807, 2.05) is 12.1 Å². The lowest BCUT2D eigenvalue weighted by Gasteiger charge is -2.03. The van der Waals surface area contributed by atoms with Gasteiger partial charge in [-0.3, -0.25) is 10.1 Å². The third-order valence-electron chi connectivity index (χ3n) is 3.34. The Morgan fingerprint density at radius 1 is 1.32 bits per heavy atom. The van der Waals surface area contributed by atoms with Crippen LogP contribution >= 0.6 is 0 Å². The van der Waals surface area contributed by atoms with Gasteiger partial charge >= 0.3 is 0 Å². The molecule has 0 fully saturated rings. The molecule has 0 atom stereocenters. The Kier molecular flexibility index (Phi) is 3.69. The number of nitrogens with zero attached hydrogens (tertiary/aromatic N) is 3. The van der Waals surface area contributed by atoms with Crippen molar-refractivity contribution >= 4 is 22.5 Å². The largest absolute Gasteiger partial charge is 0.369 e. The zero-order valence-electron chi connectivity index (χ0n) is 12.0. The highest BCUT2D eigenvalue weighted by atomic mass is 16.6. The fourth-order valence-electron chi connectivity index (χ4n) is 2.27. The lowest BCUT2D eigenvalue weighted by atomic mass is 10.1. The number of hydrogen-bond acceptors (Lipinski definition) is 5. The Labute approximate surface area is 126 Å². The van der Waals surface area contributed by atoms with E-state index in [-0.39, 0.29) is 5.69 Å². The minimum atomic E-state index is -0.403. The Morgan fingerprint density at radius 2 is 2.18 bits per heavy atom. The number of rotatable bonds is 5. The van der Waals surface area contributed by atoms with Crippen LogP contribution in [-0.4, -0.2) is 26.4 Å². The first-order valence-electron chi connectivity index (χ1n) is 7.01. The number of benzene rings is 1. The molecular formula is C15H15N5O2. The number of fused-ring (bicyclic) bond motifs is 1. The molecule has 0 amide bonds. The Balaban J connectivity index is 2.05. The summed E-state index contributed by atoms with van der Waals surface area (Å²) in [4.78, 5) is 22.1. The highest BCUT2D eigenvalue weighted by Crippen LogP contribution is 2.28. The predicted octanol–water partition coefficient (Wildman–Crippen LogP) is 3.36. The van der Waals surface area contributed by atoms with Crippen molar-refractivity contribution in [1.29, 1.82) is 0 Å². The molecule has 1 aromatic carbocycles. The molecule has 2 N–H and O–H groups in total. The van der Waals surface area contributed by atoms with Gasteiger partial charge in [-0.2, -0.15) is 0 Å². The normalized spacial score (nSPS) is 10.8. The molecule has 0 saturated heterocycles. The molecule has 0 aliphatic rings. The van der Waals surface area contributed by atoms with Crippen LogP contribution in [0.4, 0.5) is 11.5 Å². The van der Waals surface area contributed by atoms with E-state index in [4.69, 9.17) is 0 Å². The smallest absolute Gasteiger partial charge is 0.270 e. The molecule has 0 aliphatic carbocycles. The molecule has 3 aromatic rings. The maximum atomic E-state index is 10.9. The summed E-state index contributed by atoms with van der Waals surface area (Å²) < 4.78 is 0. The van der Waals surface area contributed by atoms with Crippen molar-refractivity contribution in [2.75, 3.05) is 11.9 Å². The topological polar surface area (TPSA) is 96.7 Å². The van der Waals surface area contributed by atoms with Gasteiger partial charge < -0.3 is 10.3 Å². The van der Waals surface area contributed by atoms with Gasteiger partial charge in [0.25, 0.3) is 5.69 Å². The minimum Gasteiger partial charge on any atom is -0.369 e. The van der Waals surface area contributed by atoms with Crippen LogP contribution in [-0.2, 0) is 0 Å². The van der Waals surface area contributed by atoms with E-state index in [1.165, 1.54) is 18.5 Å². The molecule has 2 heterocycles. The van der Waals surface area contributed by atoms with Crippen molar-refractivity contribution in [2.45, 2.75) is 13.3 Å². The number of aromatic amines is 1. The monoisotopic (exact) mass is 297 g/mol. The molecule has 3 rings (SSSR count). The van der Waals surface area contributed by atoms with E-state index in [2.05, 4.69) is 27.2 Å². The molecular weight excluding hydrogens is 282 g/mol. The van der Waals surface area contributed by atoms with Crippen molar-refractivity contribution < 1.29 is 4.92 Å². The second-order valence-corrected chi connectivity index (χ2v) is 4.90. The van der Waals surface area contributed by atoms with Crippen molar-refractivity contribution in [1.82, 2.24) is 15.0 Å². The van der Waals surface area contributed by atoms with Crippen LogP contribution in [0.25, 0.3) is 22.3 Å². The highest BCUT2D eigenvalue weighted by Gasteiger charge is 2.11. The number of nitrogens with one attached hydrogen (secondary N) is 2. The zero-order chi connectivity index (χ0) is 15.5. The average molecular weight is 297 g/mol. The number of H-pyrrole nitrogens is 1. The summed E-state index contributed by atoms with van der Waals surface area (Å²) in [7, 11) is 0. The fraction of sp³-hybridized carbons (Fsp3) is 0.200. The fourth-order valence-corrected chi connectivity index (χ4v) is 2.27. The lowest BCUT2D eigenvalue weighted by Crippen LogP contribution is -2.02. The number of hydrogen-bond donors (Lipinski definition) is 2. The summed E-state index contributed by atoms with van der Waals surface area (Å²) in [5.74, 6) is 0.764. The first kappa shape index (κ1) is 14.0. The molecule has 0 unspecified atom stereocenters. The molecule has 0 spiro atoms. The molecule has 0 bridgehead atoms. The number of aromatic nitrogens is 3. The van der Waals surface area contributed by atoms with Gasteiger partial charge in [0.15, 0.2) is 0 Å². The first-order valence-corrected chi connectivity index (χ1v) is 7.01. The van der Waals surface area contributed by atoms with E-state index in [1.54, 1.807) is 6.07 Å². The number of nitro groups is 1. The first-order chi connectivity index (χ1) is 10.7. The van der Waals surface area contributed by atoms with Crippen LogP contribution in [0.15, 0.2) is 36.7 Å². The highest BCUT2D eigenvalue weighted by molar-refractivity contribution is 5.91. The van der Waals surface area contributed by atoms with Gasteiger partial charge in [-0.05, 0) is 12.5 Å². The standard InChI is InChI=1S/C15H15N5O2/c1-2-6-16-14-12-8-13(19-15(12)18-9-17-14)10-4-3-5-11(7-10)20(21)22/h3-5,7-9H,2,6H2,1H3,(H2,16,17,18,19). The van der Waals surface area contributed by atoms with E-state index in [9.17, 15) is 10.1 Å². The minimum absolute atomic E-state index is 0.0616. The Bertz CT molecular complexity index is 828. The molecule has 22 heavy (non-hydrogen) atoms. The summed E-state index contributed by atoms with van der Waals surface area (Å²) in [6, 6.07) is 8.41. The van der Waals surface area contributed by atoms with Crippen molar-refractivity contribution in [3.05, 3.63) is 46.8 Å². The van der Waals surface area contributed by atoms with Gasteiger partial charge in [-0.1, -0.05) is 19.1 Å². The van der Waals surface area contributed by atoms with Crippen LogP contribution in [0.1, 0.15) is 13.3 Å². The van der Waals surface area contributed by atoms with E-state index >= 15 is 0 Å². The van der Waals surface area contributed by atoms with Crippen molar-refractivity contribution in [3.63, 3.8) is 0 Å². The van der Waals surface area contributed by atoms with Gasteiger partial charge in [-0.25, -0.2) is 9.97 Å². The molecule has 0 aliphatic heterocycles. The summed E-state index contributed by atoms with van der Waals surface area (Å²) in [6.07, 6.45) is 2.49. The van der Waals surface area contributed by atoms with Crippen LogP contribution in [0.5, 0.6) is 0 Å². The maximum Gasteiger partial charge on any atom is 0.270 e. The van der Waals surface area contributed by atoms with Crippen molar-refractivity contribution in [2.24, 2.45) is 0 Å². The average Bonchev–Trinajstić information content (AvgIpc) is 2.97. The maximum absolute atomic E-state index is 10.9. The van der Waals surface area contributed by atoms with Gasteiger partial charge in [0, 0.05) is 29.9 Å². The molecule has 2 aromatic heterocycles. The quantitative estimate of drug-likeness (QED) is 0.556. The van der Waals surface area contributed by atoms with E-state index in [0.717, 1.165) is 35.4 Å². The second kappa shape index (κ2) is 5.80. The molecule has 112 valence electrons. The van der Waals surface area contributed by atoms with Crippen LogP contribution in [0.3, 0.4) is 0 Å². The molecule has 0 radical (unpaired) electrons. The van der Waals surface area contributed by atoms with Gasteiger partial charge in [-0.15, -0.1) is 0 Å². The molecule has 0 saturated carbocycles.